The van der Waals surface area contributed by atoms with Crippen LogP contribution in [-0.4, -0.2) is 45.7 Å². The molecule has 7 heteroatoms. The van der Waals surface area contributed by atoms with Crippen LogP contribution in [0.25, 0.3) is 0 Å². The van der Waals surface area contributed by atoms with Crippen molar-refractivity contribution in [3.8, 4) is 0 Å². The maximum absolute atomic E-state index is 10.6. The van der Waals surface area contributed by atoms with Crippen LogP contribution in [0.5, 0.6) is 0 Å². The fraction of sp³-hybridized carbons (Fsp3) is 0.353. The molecule has 1 aliphatic rings. The summed E-state index contributed by atoms with van der Waals surface area (Å²) in [6.07, 6.45) is 1.67. The lowest BCUT2D eigenvalue weighted by Gasteiger charge is -2.30. The number of rotatable bonds is 6. The lowest BCUT2D eigenvalue weighted by atomic mass is 10.00. The van der Waals surface area contributed by atoms with Crippen LogP contribution in [0.2, 0.25) is 0 Å². The SMILES string of the molecule is O=[N+]([O-])c1ccc(NC[C@@H](O)CN2CCc3ccccc3C2)nc1. The molecule has 2 heterocycles. The van der Waals surface area contributed by atoms with Crippen molar-refractivity contribution in [1.29, 1.82) is 0 Å². The minimum absolute atomic E-state index is 0.0481. The molecule has 2 aromatic rings. The van der Waals surface area contributed by atoms with Crippen LogP contribution in [0.1, 0.15) is 11.1 Å². The molecule has 0 fully saturated rings. The van der Waals surface area contributed by atoms with Gasteiger partial charge in [-0.05, 0) is 23.6 Å². The fourth-order valence-electron chi connectivity index (χ4n) is 2.89. The number of pyridine rings is 1. The maximum Gasteiger partial charge on any atom is 0.287 e. The molecule has 1 aliphatic heterocycles. The quantitative estimate of drug-likeness (QED) is 0.621. The Balaban J connectivity index is 1.48. The van der Waals surface area contributed by atoms with E-state index in [9.17, 15) is 15.2 Å². The van der Waals surface area contributed by atoms with E-state index in [1.54, 1.807) is 6.07 Å². The van der Waals surface area contributed by atoms with Gasteiger partial charge >= 0.3 is 0 Å². The van der Waals surface area contributed by atoms with Gasteiger partial charge in [-0.1, -0.05) is 24.3 Å². The Hall–Kier alpha value is -2.51. The molecule has 1 aromatic heterocycles. The Bertz CT molecular complexity index is 705. The number of nitrogens with one attached hydrogen (secondary N) is 1. The van der Waals surface area contributed by atoms with Crippen molar-refractivity contribution in [1.82, 2.24) is 9.88 Å². The molecule has 0 radical (unpaired) electrons. The predicted octanol–water partition coefficient (Wildman–Crippen LogP) is 1.82. The van der Waals surface area contributed by atoms with Gasteiger partial charge in [-0.15, -0.1) is 0 Å². The third-order valence-electron chi connectivity index (χ3n) is 4.16. The van der Waals surface area contributed by atoms with Crippen LogP contribution in [0.4, 0.5) is 11.5 Å². The highest BCUT2D eigenvalue weighted by Crippen LogP contribution is 2.18. The number of benzene rings is 1. The van der Waals surface area contributed by atoms with Gasteiger partial charge < -0.3 is 10.4 Å². The van der Waals surface area contributed by atoms with Gasteiger partial charge in [0.25, 0.3) is 5.69 Å². The third-order valence-corrected chi connectivity index (χ3v) is 4.16. The zero-order chi connectivity index (χ0) is 16.9. The van der Waals surface area contributed by atoms with Crippen LogP contribution in [-0.2, 0) is 13.0 Å². The molecule has 0 saturated carbocycles. The Morgan fingerprint density at radius 1 is 1.29 bits per heavy atom. The largest absolute Gasteiger partial charge is 0.390 e. The van der Waals surface area contributed by atoms with E-state index in [0.29, 0.717) is 18.9 Å². The molecule has 1 aromatic carbocycles. The lowest BCUT2D eigenvalue weighted by Crippen LogP contribution is -2.39. The van der Waals surface area contributed by atoms with Crippen LogP contribution >= 0.6 is 0 Å². The van der Waals surface area contributed by atoms with E-state index in [-0.39, 0.29) is 5.69 Å². The minimum atomic E-state index is -0.535. The second-order valence-corrected chi connectivity index (χ2v) is 5.95. The minimum Gasteiger partial charge on any atom is -0.390 e. The highest BCUT2D eigenvalue weighted by atomic mass is 16.6. The first-order valence-corrected chi connectivity index (χ1v) is 7.93. The normalized spacial score (nSPS) is 15.5. The Kier molecular flexibility index (Phi) is 5.02. The number of anilines is 1. The maximum atomic E-state index is 10.6. The molecule has 24 heavy (non-hydrogen) atoms. The van der Waals surface area contributed by atoms with Crippen LogP contribution in [0.3, 0.4) is 0 Å². The van der Waals surface area contributed by atoms with Crippen molar-refractivity contribution < 1.29 is 10.0 Å². The number of aliphatic hydroxyl groups is 1. The van der Waals surface area contributed by atoms with Gasteiger partial charge in [0.05, 0.1) is 11.0 Å². The molecule has 0 spiro atoms. The standard InChI is InChI=1S/C17H20N4O3/c22-16(10-19-17-6-5-15(9-18-17)21(23)24)12-20-8-7-13-3-1-2-4-14(13)11-20/h1-6,9,16,22H,7-8,10-12H2,(H,18,19)/t16-/m1/s1. The Labute approximate surface area is 140 Å². The van der Waals surface area contributed by atoms with Gasteiger partial charge in [0.15, 0.2) is 0 Å². The highest BCUT2D eigenvalue weighted by Gasteiger charge is 2.18. The van der Waals surface area contributed by atoms with Crippen LogP contribution < -0.4 is 5.32 Å². The molecule has 3 rings (SSSR count). The topological polar surface area (TPSA) is 91.5 Å². The van der Waals surface area contributed by atoms with Gasteiger partial charge in [0, 0.05) is 32.2 Å². The lowest BCUT2D eigenvalue weighted by molar-refractivity contribution is -0.385. The number of aromatic nitrogens is 1. The second-order valence-electron chi connectivity index (χ2n) is 5.95. The molecular weight excluding hydrogens is 308 g/mol. The molecular formula is C17H20N4O3. The Morgan fingerprint density at radius 2 is 2.08 bits per heavy atom. The van der Waals surface area contributed by atoms with Crippen molar-refractivity contribution in [2.75, 3.05) is 25.0 Å². The van der Waals surface area contributed by atoms with Gasteiger partial charge in [-0.2, -0.15) is 0 Å². The van der Waals surface area contributed by atoms with Crippen molar-refractivity contribution in [3.05, 3.63) is 63.8 Å². The molecule has 2 N–H and O–H groups in total. The van der Waals surface area contributed by atoms with Gasteiger partial charge in [0.2, 0.25) is 0 Å². The number of fused-ring (bicyclic) bond motifs is 1. The summed E-state index contributed by atoms with van der Waals surface area (Å²) >= 11 is 0. The zero-order valence-electron chi connectivity index (χ0n) is 13.3. The van der Waals surface area contributed by atoms with E-state index in [1.165, 1.54) is 23.4 Å². The molecule has 7 nitrogen and oxygen atoms in total. The Morgan fingerprint density at radius 3 is 2.79 bits per heavy atom. The molecule has 1 atom stereocenters. The average Bonchev–Trinajstić information content (AvgIpc) is 2.60. The summed E-state index contributed by atoms with van der Waals surface area (Å²) in [7, 11) is 0. The monoisotopic (exact) mass is 328 g/mol. The molecule has 0 unspecified atom stereocenters. The van der Waals surface area contributed by atoms with E-state index in [2.05, 4.69) is 33.4 Å². The summed E-state index contributed by atoms with van der Waals surface area (Å²) in [5.41, 5.74) is 2.66. The van der Waals surface area contributed by atoms with Crippen molar-refractivity contribution in [2.45, 2.75) is 19.1 Å². The number of β-amino-alcohol motifs (C(OH)–C–C–N with tert-alkyl or cyclic N) is 1. The average molecular weight is 328 g/mol. The van der Waals surface area contributed by atoms with Crippen LogP contribution in [0, 0.1) is 10.1 Å². The first kappa shape index (κ1) is 16.4. The summed E-state index contributed by atoms with van der Waals surface area (Å²) in [4.78, 5) is 16.3. The number of aliphatic hydroxyl groups excluding tert-OH is 1. The van der Waals surface area contributed by atoms with E-state index in [0.717, 1.165) is 19.5 Å². The summed E-state index contributed by atoms with van der Waals surface area (Å²) in [5, 5.41) is 23.8. The third kappa shape index (κ3) is 4.06. The van der Waals surface area contributed by atoms with E-state index < -0.39 is 11.0 Å². The molecule has 0 amide bonds. The smallest absolute Gasteiger partial charge is 0.287 e. The van der Waals surface area contributed by atoms with Gasteiger partial charge in [0.1, 0.15) is 12.0 Å². The van der Waals surface area contributed by atoms with Gasteiger partial charge in [-0.25, -0.2) is 4.98 Å². The summed E-state index contributed by atoms with van der Waals surface area (Å²) in [6, 6.07) is 11.3. The van der Waals surface area contributed by atoms with Gasteiger partial charge in [-0.3, -0.25) is 15.0 Å². The first-order valence-electron chi connectivity index (χ1n) is 7.93. The summed E-state index contributed by atoms with van der Waals surface area (Å²) in [5.74, 6) is 0.517. The first-order chi connectivity index (χ1) is 11.6. The molecule has 0 bridgehead atoms. The zero-order valence-corrected chi connectivity index (χ0v) is 13.3. The predicted molar refractivity (Wildman–Crippen MR) is 90.8 cm³/mol. The number of nitrogens with zero attached hydrogens (tertiary/aromatic N) is 3. The van der Waals surface area contributed by atoms with Crippen molar-refractivity contribution in [3.63, 3.8) is 0 Å². The van der Waals surface area contributed by atoms with E-state index in [1.807, 2.05) is 6.07 Å². The highest BCUT2D eigenvalue weighted by molar-refractivity contribution is 5.40. The molecule has 0 aliphatic carbocycles. The number of hydrogen-bond acceptors (Lipinski definition) is 6. The van der Waals surface area contributed by atoms with Crippen molar-refractivity contribution in [2.24, 2.45) is 0 Å². The molecule has 0 saturated heterocycles. The number of hydrogen-bond donors (Lipinski definition) is 2. The van der Waals surface area contributed by atoms with Crippen LogP contribution in [0.15, 0.2) is 42.6 Å². The summed E-state index contributed by atoms with van der Waals surface area (Å²) < 4.78 is 0. The fourth-order valence-corrected chi connectivity index (χ4v) is 2.89. The molecule has 126 valence electrons. The second kappa shape index (κ2) is 7.37. The van der Waals surface area contributed by atoms with E-state index in [4.69, 9.17) is 0 Å². The van der Waals surface area contributed by atoms with Crippen molar-refractivity contribution >= 4 is 11.5 Å². The summed E-state index contributed by atoms with van der Waals surface area (Å²) in [6.45, 7) is 2.71. The van der Waals surface area contributed by atoms with E-state index >= 15 is 0 Å². The number of nitro groups is 1.